The first kappa shape index (κ1) is 12.4. The van der Waals surface area contributed by atoms with Crippen molar-refractivity contribution in [2.75, 3.05) is 24.5 Å². The summed E-state index contributed by atoms with van der Waals surface area (Å²) in [5.41, 5.74) is 2.98. The summed E-state index contributed by atoms with van der Waals surface area (Å²) in [5, 5.41) is 3.39. The van der Waals surface area contributed by atoms with Crippen molar-refractivity contribution in [1.29, 1.82) is 0 Å². The summed E-state index contributed by atoms with van der Waals surface area (Å²) in [6.45, 7) is 7.94. The summed E-state index contributed by atoms with van der Waals surface area (Å²) in [5.74, 6) is 0. The van der Waals surface area contributed by atoms with Gasteiger partial charge in [0, 0.05) is 18.3 Å². The second-order valence-corrected chi connectivity index (χ2v) is 4.94. The highest BCUT2D eigenvalue weighted by molar-refractivity contribution is 5.59. The molecule has 1 aromatic rings. The number of nitrogens with zero attached hydrogens (tertiary/aromatic N) is 1. The van der Waals surface area contributed by atoms with Gasteiger partial charge in [-0.05, 0) is 50.9 Å². The van der Waals surface area contributed by atoms with Crippen LogP contribution in [0.25, 0.3) is 0 Å². The number of hydrogen-bond donors (Lipinski definition) is 1. The van der Waals surface area contributed by atoms with E-state index in [1.54, 1.807) is 0 Å². The van der Waals surface area contributed by atoms with Gasteiger partial charge in [-0.2, -0.15) is 0 Å². The molecule has 0 spiro atoms. The molecule has 0 bridgehead atoms. The third-order valence-corrected chi connectivity index (χ3v) is 3.60. The first-order valence-corrected chi connectivity index (χ1v) is 6.88. The molecule has 1 aliphatic rings. The first-order valence-electron chi connectivity index (χ1n) is 6.88. The summed E-state index contributed by atoms with van der Waals surface area (Å²) < 4.78 is 0. The number of rotatable bonds is 6. The van der Waals surface area contributed by atoms with Gasteiger partial charge in [-0.15, -0.1) is 0 Å². The van der Waals surface area contributed by atoms with Gasteiger partial charge in [0.15, 0.2) is 0 Å². The maximum atomic E-state index is 3.39. The van der Waals surface area contributed by atoms with Crippen LogP contribution in [-0.2, 0) is 6.42 Å². The third kappa shape index (κ3) is 3.01. The van der Waals surface area contributed by atoms with Gasteiger partial charge in [-0.1, -0.05) is 25.1 Å². The monoisotopic (exact) mass is 232 g/mol. The number of para-hydroxylation sites is 1. The molecule has 0 radical (unpaired) electrons. The Bertz CT molecular complexity index is 349. The van der Waals surface area contributed by atoms with Gasteiger partial charge in [0.2, 0.25) is 0 Å². The highest BCUT2D eigenvalue weighted by Crippen LogP contribution is 2.31. The minimum absolute atomic E-state index is 0.673. The molecule has 0 saturated heterocycles. The predicted octanol–water partition coefficient (Wildman–Crippen LogP) is 2.83. The Balaban J connectivity index is 1.84. The maximum Gasteiger partial charge on any atom is 0.0402 e. The van der Waals surface area contributed by atoms with Crippen molar-refractivity contribution in [2.24, 2.45) is 0 Å². The molecule has 1 N–H and O–H groups in total. The van der Waals surface area contributed by atoms with E-state index in [9.17, 15) is 0 Å². The van der Waals surface area contributed by atoms with E-state index in [4.69, 9.17) is 0 Å². The third-order valence-electron chi connectivity index (χ3n) is 3.60. The van der Waals surface area contributed by atoms with Crippen LogP contribution in [0.15, 0.2) is 24.3 Å². The standard InChI is InChI=1S/C15H24N2/c1-3-16-10-6-7-11-17-13(2)12-14-8-4-5-9-15(14)17/h4-5,8-9,13,16H,3,6-7,10-12H2,1-2H3. The van der Waals surface area contributed by atoms with Crippen LogP contribution in [0.3, 0.4) is 0 Å². The molecule has 1 aliphatic heterocycles. The summed E-state index contributed by atoms with van der Waals surface area (Å²) in [6, 6.07) is 9.52. The van der Waals surface area contributed by atoms with Crippen LogP contribution in [-0.4, -0.2) is 25.7 Å². The number of nitrogens with one attached hydrogen (secondary N) is 1. The molecule has 0 saturated carbocycles. The van der Waals surface area contributed by atoms with Crippen LogP contribution in [0.4, 0.5) is 5.69 Å². The van der Waals surface area contributed by atoms with Gasteiger partial charge in [-0.3, -0.25) is 0 Å². The van der Waals surface area contributed by atoms with E-state index in [0.29, 0.717) is 6.04 Å². The van der Waals surface area contributed by atoms with E-state index < -0.39 is 0 Å². The molecule has 2 heteroatoms. The molecule has 1 heterocycles. The van der Waals surface area contributed by atoms with Crippen molar-refractivity contribution < 1.29 is 0 Å². The van der Waals surface area contributed by atoms with Gasteiger partial charge >= 0.3 is 0 Å². The van der Waals surface area contributed by atoms with Crippen molar-refractivity contribution in [1.82, 2.24) is 5.32 Å². The lowest BCUT2D eigenvalue weighted by Gasteiger charge is -2.24. The topological polar surface area (TPSA) is 15.3 Å². The quantitative estimate of drug-likeness (QED) is 0.759. The molecule has 94 valence electrons. The summed E-state index contributed by atoms with van der Waals surface area (Å²) in [7, 11) is 0. The fourth-order valence-electron chi connectivity index (χ4n) is 2.68. The lowest BCUT2D eigenvalue weighted by atomic mass is 10.1. The summed E-state index contributed by atoms with van der Waals surface area (Å²) in [4.78, 5) is 2.57. The van der Waals surface area contributed by atoms with E-state index in [1.165, 1.54) is 37.1 Å². The Kier molecular flexibility index (Phi) is 4.43. The number of unbranched alkanes of at least 4 members (excludes halogenated alkanes) is 1. The van der Waals surface area contributed by atoms with Crippen molar-refractivity contribution in [3.63, 3.8) is 0 Å². The van der Waals surface area contributed by atoms with Crippen LogP contribution in [0.5, 0.6) is 0 Å². The molecule has 0 aromatic heterocycles. The SMILES string of the molecule is CCNCCCCN1c2ccccc2CC1C. The normalized spacial score (nSPS) is 18.5. The minimum Gasteiger partial charge on any atom is -0.368 e. The molecule has 1 aromatic carbocycles. The van der Waals surface area contributed by atoms with Crippen LogP contribution >= 0.6 is 0 Å². The Morgan fingerprint density at radius 3 is 2.94 bits per heavy atom. The average Bonchev–Trinajstić information content (AvgIpc) is 2.65. The molecule has 0 aliphatic carbocycles. The van der Waals surface area contributed by atoms with E-state index in [0.717, 1.165) is 13.1 Å². The van der Waals surface area contributed by atoms with E-state index >= 15 is 0 Å². The smallest absolute Gasteiger partial charge is 0.0402 e. The molecule has 0 amide bonds. The van der Waals surface area contributed by atoms with E-state index in [2.05, 4.69) is 48.3 Å². The first-order chi connectivity index (χ1) is 8.33. The van der Waals surface area contributed by atoms with Crippen molar-refractivity contribution in [2.45, 2.75) is 39.2 Å². The summed E-state index contributed by atoms with van der Waals surface area (Å²) >= 11 is 0. The molecule has 1 unspecified atom stereocenters. The highest BCUT2D eigenvalue weighted by Gasteiger charge is 2.24. The highest BCUT2D eigenvalue weighted by atomic mass is 15.2. The molecule has 2 rings (SSSR count). The van der Waals surface area contributed by atoms with E-state index in [1.807, 2.05) is 0 Å². The van der Waals surface area contributed by atoms with Gasteiger partial charge in [-0.25, -0.2) is 0 Å². The van der Waals surface area contributed by atoms with E-state index in [-0.39, 0.29) is 0 Å². The maximum absolute atomic E-state index is 3.39. The zero-order valence-corrected chi connectivity index (χ0v) is 11.1. The number of hydrogen-bond acceptors (Lipinski definition) is 2. The Hall–Kier alpha value is -1.02. The molecule has 0 fully saturated rings. The fraction of sp³-hybridized carbons (Fsp3) is 0.600. The van der Waals surface area contributed by atoms with Crippen LogP contribution in [0.1, 0.15) is 32.3 Å². The van der Waals surface area contributed by atoms with Gasteiger partial charge in [0.05, 0.1) is 0 Å². The summed E-state index contributed by atoms with van der Waals surface area (Å²) in [6.07, 6.45) is 3.77. The van der Waals surface area contributed by atoms with Gasteiger partial charge in [0.25, 0.3) is 0 Å². The molecular weight excluding hydrogens is 208 g/mol. The van der Waals surface area contributed by atoms with Crippen LogP contribution in [0, 0.1) is 0 Å². The van der Waals surface area contributed by atoms with Gasteiger partial charge < -0.3 is 10.2 Å². The second-order valence-electron chi connectivity index (χ2n) is 4.94. The Labute approximate surface area is 105 Å². The number of fused-ring (bicyclic) bond motifs is 1. The van der Waals surface area contributed by atoms with Crippen LogP contribution < -0.4 is 10.2 Å². The zero-order chi connectivity index (χ0) is 12.1. The lowest BCUT2D eigenvalue weighted by Crippen LogP contribution is -2.30. The van der Waals surface area contributed by atoms with Crippen molar-refractivity contribution >= 4 is 5.69 Å². The van der Waals surface area contributed by atoms with Gasteiger partial charge in [0.1, 0.15) is 0 Å². The molecular formula is C15H24N2. The zero-order valence-electron chi connectivity index (χ0n) is 11.1. The molecule has 1 atom stereocenters. The predicted molar refractivity (Wildman–Crippen MR) is 74.7 cm³/mol. The van der Waals surface area contributed by atoms with Crippen molar-refractivity contribution in [3.05, 3.63) is 29.8 Å². The minimum atomic E-state index is 0.673. The Morgan fingerprint density at radius 2 is 2.12 bits per heavy atom. The van der Waals surface area contributed by atoms with Crippen LogP contribution in [0.2, 0.25) is 0 Å². The average molecular weight is 232 g/mol. The number of anilines is 1. The molecule has 2 nitrogen and oxygen atoms in total. The number of benzene rings is 1. The fourth-order valence-corrected chi connectivity index (χ4v) is 2.68. The lowest BCUT2D eigenvalue weighted by molar-refractivity contribution is 0.600. The Morgan fingerprint density at radius 1 is 1.29 bits per heavy atom. The van der Waals surface area contributed by atoms with Crippen molar-refractivity contribution in [3.8, 4) is 0 Å². The molecule has 17 heavy (non-hydrogen) atoms. The largest absolute Gasteiger partial charge is 0.368 e. The second kappa shape index (κ2) is 6.06.